The van der Waals surface area contributed by atoms with Crippen molar-refractivity contribution in [2.45, 2.75) is 13.8 Å². The predicted molar refractivity (Wildman–Crippen MR) is 48.1 cm³/mol. The van der Waals surface area contributed by atoms with Crippen LogP contribution in [0.4, 0.5) is 5.88 Å². The van der Waals surface area contributed by atoms with Crippen molar-refractivity contribution in [3.05, 3.63) is 27.5 Å². The van der Waals surface area contributed by atoms with Crippen LogP contribution in [0.1, 0.15) is 23.0 Å². The first-order valence-electron chi connectivity index (χ1n) is 4.09. The first-order valence-corrected chi connectivity index (χ1v) is 4.09. The molecule has 1 heterocycles. The van der Waals surface area contributed by atoms with Crippen LogP contribution in [0.15, 0.2) is 10.5 Å². The number of amides is 1. The van der Waals surface area contributed by atoms with E-state index in [2.05, 4.69) is 5.32 Å². The molecule has 0 saturated heterocycles. The van der Waals surface area contributed by atoms with Crippen molar-refractivity contribution in [1.82, 2.24) is 5.32 Å². The van der Waals surface area contributed by atoms with Gasteiger partial charge in [0.15, 0.2) is 0 Å². The Labute approximate surface area is 80.0 Å². The molecule has 0 saturated carbocycles. The van der Waals surface area contributed by atoms with E-state index in [0.717, 1.165) is 6.07 Å². The molecule has 14 heavy (non-hydrogen) atoms. The standard InChI is InChI=1S/C8H10N2O4/c1-3-9-8(11)6-4-7(10(12)13)14-5(6)2/h4H,3H2,1-2H3,(H,9,11). The number of carbonyl (C=O) groups excluding carboxylic acids is 1. The summed E-state index contributed by atoms with van der Waals surface area (Å²) in [4.78, 5) is 21.0. The van der Waals surface area contributed by atoms with Gasteiger partial charge in [-0.05, 0) is 13.8 Å². The second-order valence-corrected chi connectivity index (χ2v) is 2.67. The average Bonchev–Trinajstić information content (AvgIpc) is 2.48. The maximum atomic E-state index is 11.3. The van der Waals surface area contributed by atoms with Gasteiger partial charge in [-0.25, -0.2) is 0 Å². The Bertz CT molecular complexity index is 369. The zero-order valence-corrected chi connectivity index (χ0v) is 7.86. The topological polar surface area (TPSA) is 85.4 Å². The summed E-state index contributed by atoms with van der Waals surface area (Å²) in [6.07, 6.45) is 0. The zero-order chi connectivity index (χ0) is 10.7. The maximum absolute atomic E-state index is 11.3. The monoisotopic (exact) mass is 198 g/mol. The van der Waals surface area contributed by atoms with E-state index in [1.54, 1.807) is 6.92 Å². The summed E-state index contributed by atoms with van der Waals surface area (Å²) in [5.74, 6) is -0.520. The van der Waals surface area contributed by atoms with Crippen molar-refractivity contribution in [3.8, 4) is 0 Å². The van der Waals surface area contributed by atoms with Crippen molar-refractivity contribution in [1.29, 1.82) is 0 Å². The van der Waals surface area contributed by atoms with Crippen LogP contribution in [-0.2, 0) is 0 Å². The molecular formula is C8H10N2O4. The molecule has 1 aromatic rings. The summed E-state index contributed by atoms with van der Waals surface area (Å²) in [6.45, 7) is 3.75. The highest BCUT2D eigenvalue weighted by molar-refractivity contribution is 5.95. The molecule has 0 aliphatic rings. The smallest absolute Gasteiger partial charge is 0.405 e. The first-order chi connectivity index (χ1) is 6.56. The van der Waals surface area contributed by atoms with Gasteiger partial charge in [0.05, 0.1) is 11.6 Å². The molecule has 0 unspecified atom stereocenters. The molecule has 1 N–H and O–H groups in total. The van der Waals surface area contributed by atoms with E-state index in [4.69, 9.17) is 4.42 Å². The van der Waals surface area contributed by atoms with Gasteiger partial charge < -0.3 is 9.73 Å². The minimum absolute atomic E-state index is 0.207. The fourth-order valence-electron chi connectivity index (χ4n) is 1.04. The van der Waals surface area contributed by atoms with Crippen molar-refractivity contribution in [2.75, 3.05) is 6.54 Å². The van der Waals surface area contributed by atoms with Crippen molar-refractivity contribution in [3.63, 3.8) is 0 Å². The Hall–Kier alpha value is -1.85. The largest absolute Gasteiger partial charge is 0.434 e. The number of hydrogen-bond donors (Lipinski definition) is 1. The van der Waals surface area contributed by atoms with E-state index in [1.165, 1.54) is 6.92 Å². The zero-order valence-electron chi connectivity index (χ0n) is 7.86. The lowest BCUT2D eigenvalue weighted by Crippen LogP contribution is -2.22. The molecule has 0 aliphatic carbocycles. The molecule has 76 valence electrons. The summed E-state index contributed by atoms with van der Waals surface area (Å²) in [5.41, 5.74) is 0.207. The molecule has 0 radical (unpaired) electrons. The molecular weight excluding hydrogens is 188 g/mol. The third-order valence-electron chi connectivity index (χ3n) is 1.67. The van der Waals surface area contributed by atoms with Crippen molar-refractivity contribution >= 4 is 11.8 Å². The van der Waals surface area contributed by atoms with Gasteiger partial charge in [0, 0.05) is 6.54 Å². The predicted octanol–water partition coefficient (Wildman–Crippen LogP) is 1.25. The van der Waals surface area contributed by atoms with Gasteiger partial charge in [-0.1, -0.05) is 0 Å². The van der Waals surface area contributed by atoms with E-state index in [9.17, 15) is 14.9 Å². The molecule has 1 aromatic heterocycles. The number of aryl methyl sites for hydroxylation is 1. The van der Waals surface area contributed by atoms with Crippen LogP contribution >= 0.6 is 0 Å². The first kappa shape index (κ1) is 10.2. The van der Waals surface area contributed by atoms with Crippen LogP contribution in [0.5, 0.6) is 0 Å². The quantitative estimate of drug-likeness (QED) is 0.584. The van der Waals surface area contributed by atoms with Crippen molar-refractivity contribution < 1.29 is 14.1 Å². The van der Waals surface area contributed by atoms with E-state index < -0.39 is 10.8 Å². The minimum atomic E-state index is -0.671. The highest BCUT2D eigenvalue weighted by Gasteiger charge is 2.20. The van der Waals surface area contributed by atoms with Gasteiger partial charge in [0.25, 0.3) is 5.91 Å². The Morgan fingerprint density at radius 1 is 1.71 bits per heavy atom. The fourth-order valence-corrected chi connectivity index (χ4v) is 1.04. The van der Waals surface area contributed by atoms with Crippen LogP contribution in [0.3, 0.4) is 0 Å². The van der Waals surface area contributed by atoms with Gasteiger partial charge >= 0.3 is 5.88 Å². The van der Waals surface area contributed by atoms with Gasteiger partial charge in [-0.15, -0.1) is 0 Å². The highest BCUT2D eigenvalue weighted by atomic mass is 16.6. The molecule has 0 fully saturated rings. The van der Waals surface area contributed by atoms with E-state index >= 15 is 0 Å². The number of carbonyl (C=O) groups is 1. The molecule has 1 amide bonds. The number of hydrogen-bond acceptors (Lipinski definition) is 4. The molecule has 0 aliphatic heterocycles. The van der Waals surface area contributed by atoms with Crippen molar-refractivity contribution in [2.24, 2.45) is 0 Å². The van der Waals surface area contributed by atoms with E-state index in [1.807, 2.05) is 0 Å². The second kappa shape index (κ2) is 3.91. The third kappa shape index (κ3) is 1.90. The number of nitrogens with one attached hydrogen (secondary N) is 1. The SMILES string of the molecule is CCNC(=O)c1cc([N+](=O)[O-])oc1C. The number of nitrogens with zero attached hydrogens (tertiary/aromatic N) is 1. The molecule has 1 rings (SSSR count). The van der Waals surface area contributed by atoms with Crippen LogP contribution in [-0.4, -0.2) is 17.4 Å². The van der Waals surface area contributed by atoms with E-state index in [-0.39, 0.29) is 17.2 Å². The van der Waals surface area contributed by atoms with Crippen LogP contribution in [0, 0.1) is 17.0 Å². The summed E-state index contributed by atoms with van der Waals surface area (Å²) in [7, 11) is 0. The van der Waals surface area contributed by atoms with E-state index in [0.29, 0.717) is 6.54 Å². The number of nitro groups is 1. The van der Waals surface area contributed by atoms with Gasteiger partial charge in [-0.2, -0.15) is 0 Å². The minimum Gasteiger partial charge on any atom is -0.405 e. The summed E-state index contributed by atoms with van der Waals surface area (Å²) < 4.78 is 4.78. The van der Waals surface area contributed by atoms with Gasteiger partial charge in [0.1, 0.15) is 10.7 Å². The summed E-state index contributed by atoms with van der Waals surface area (Å²) in [5, 5.41) is 12.9. The second-order valence-electron chi connectivity index (χ2n) is 2.67. The lowest BCUT2D eigenvalue weighted by Gasteiger charge is -1.97. The number of furan rings is 1. The highest BCUT2D eigenvalue weighted by Crippen LogP contribution is 2.20. The normalized spacial score (nSPS) is 9.86. The van der Waals surface area contributed by atoms with Crippen LogP contribution < -0.4 is 5.32 Å². The number of rotatable bonds is 3. The average molecular weight is 198 g/mol. The summed E-state index contributed by atoms with van der Waals surface area (Å²) in [6, 6.07) is 1.13. The fraction of sp³-hybridized carbons (Fsp3) is 0.375. The molecule has 0 bridgehead atoms. The molecule has 6 heteroatoms. The summed E-state index contributed by atoms with van der Waals surface area (Å²) >= 11 is 0. The third-order valence-corrected chi connectivity index (χ3v) is 1.67. The van der Waals surface area contributed by atoms with Gasteiger partial charge in [-0.3, -0.25) is 14.9 Å². The Kier molecular flexibility index (Phi) is 2.85. The molecule has 0 aromatic carbocycles. The Balaban J connectivity index is 2.98. The van der Waals surface area contributed by atoms with Crippen LogP contribution in [0.25, 0.3) is 0 Å². The lowest BCUT2D eigenvalue weighted by molar-refractivity contribution is -0.402. The Morgan fingerprint density at radius 3 is 2.79 bits per heavy atom. The lowest BCUT2D eigenvalue weighted by atomic mass is 10.2. The molecule has 6 nitrogen and oxygen atoms in total. The van der Waals surface area contributed by atoms with Gasteiger partial charge in [0.2, 0.25) is 0 Å². The molecule has 0 atom stereocenters. The maximum Gasteiger partial charge on any atom is 0.434 e. The van der Waals surface area contributed by atoms with Crippen LogP contribution in [0.2, 0.25) is 0 Å². The Morgan fingerprint density at radius 2 is 2.36 bits per heavy atom. The molecule has 0 spiro atoms.